The first-order valence-corrected chi connectivity index (χ1v) is 8.81. The van der Waals surface area contributed by atoms with Gasteiger partial charge in [-0.1, -0.05) is 30.3 Å². The summed E-state index contributed by atoms with van der Waals surface area (Å²) in [5.41, 5.74) is 7.59. The van der Waals surface area contributed by atoms with Crippen LogP contribution in [0.5, 0.6) is 0 Å². The quantitative estimate of drug-likeness (QED) is 0.805. The van der Waals surface area contributed by atoms with Crippen molar-refractivity contribution < 1.29 is 5.11 Å². The zero-order chi connectivity index (χ0) is 18.4. The van der Waals surface area contributed by atoms with E-state index in [0.29, 0.717) is 25.0 Å². The van der Waals surface area contributed by atoms with Gasteiger partial charge in [0, 0.05) is 44.5 Å². The van der Waals surface area contributed by atoms with Crippen LogP contribution in [0.15, 0.2) is 53.9 Å². The van der Waals surface area contributed by atoms with E-state index in [1.165, 1.54) is 11.8 Å². The van der Waals surface area contributed by atoms with Gasteiger partial charge in [-0.05, 0) is 18.4 Å². The molecule has 6 heteroatoms. The summed E-state index contributed by atoms with van der Waals surface area (Å²) < 4.78 is 0. The second kappa shape index (κ2) is 8.10. The van der Waals surface area contributed by atoms with E-state index in [0.717, 1.165) is 24.5 Å². The summed E-state index contributed by atoms with van der Waals surface area (Å²) in [4.78, 5) is 15.1. The van der Waals surface area contributed by atoms with Crippen LogP contribution in [-0.4, -0.2) is 47.0 Å². The third-order valence-corrected chi connectivity index (χ3v) is 4.76. The summed E-state index contributed by atoms with van der Waals surface area (Å²) in [6.07, 6.45) is 8.66. The Hall–Kier alpha value is -2.73. The molecule has 0 aliphatic carbocycles. The molecule has 0 unspecified atom stereocenters. The van der Waals surface area contributed by atoms with Crippen molar-refractivity contribution in [1.82, 2.24) is 9.97 Å². The standard InChI is InChI=1S/C20H25N5O/c1-22-13-17(12-21)18-14-23-15-19(24-18)25-9-7-20(26,8-10-25)11-16-5-3-2-4-6-16/h2-6,12-15,26H,7-11,21H2,1H3. The van der Waals surface area contributed by atoms with Crippen molar-refractivity contribution in [1.29, 1.82) is 0 Å². The highest BCUT2D eigenvalue weighted by Crippen LogP contribution is 2.28. The Bertz CT molecular complexity index is 780. The van der Waals surface area contributed by atoms with Gasteiger partial charge >= 0.3 is 0 Å². The van der Waals surface area contributed by atoms with Crippen LogP contribution in [0.4, 0.5) is 5.82 Å². The van der Waals surface area contributed by atoms with Crippen molar-refractivity contribution in [2.75, 3.05) is 25.0 Å². The van der Waals surface area contributed by atoms with Crippen LogP contribution >= 0.6 is 0 Å². The van der Waals surface area contributed by atoms with Gasteiger partial charge in [-0.25, -0.2) is 4.98 Å². The fourth-order valence-electron chi connectivity index (χ4n) is 3.29. The molecule has 1 aliphatic rings. The van der Waals surface area contributed by atoms with Gasteiger partial charge < -0.3 is 15.7 Å². The monoisotopic (exact) mass is 351 g/mol. The SMILES string of the molecule is CN=CC(=CN)c1cncc(N2CCC(O)(Cc3ccccc3)CC2)n1. The van der Waals surface area contributed by atoms with Gasteiger partial charge in [-0.2, -0.15) is 0 Å². The highest BCUT2D eigenvalue weighted by molar-refractivity contribution is 6.08. The highest BCUT2D eigenvalue weighted by atomic mass is 16.3. The summed E-state index contributed by atoms with van der Waals surface area (Å²) in [7, 11) is 1.69. The molecule has 0 spiro atoms. The fourth-order valence-corrected chi connectivity index (χ4v) is 3.29. The second-order valence-electron chi connectivity index (χ2n) is 6.65. The summed E-state index contributed by atoms with van der Waals surface area (Å²) >= 11 is 0. The van der Waals surface area contributed by atoms with Gasteiger partial charge in [-0.15, -0.1) is 0 Å². The molecule has 0 amide bonds. The number of aliphatic imine (C=N–C) groups is 1. The molecule has 1 aromatic heterocycles. The van der Waals surface area contributed by atoms with Crippen LogP contribution < -0.4 is 10.6 Å². The number of anilines is 1. The number of aliphatic hydroxyl groups is 1. The van der Waals surface area contributed by atoms with E-state index < -0.39 is 5.60 Å². The van der Waals surface area contributed by atoms with E-state index in [9.17, 15) is 5.11 Å². The summed E-state index contributed by atoms with van der Waals surface area (Å²) in [5.74, 6) is 0.799. The molecular formula is C20H25N5O. The minimum atomic E-state index is -0.667. The Morgan fingerprint density at radius 2 is 2.00 bits per heavy atom. The van der Waals surface area contributed by atoms with E-state index in [4.69, 9.17) is 5.73 Å². The first-order valence-electron chi connectivity index (χ1n) is 8.81. The molecule has 1 aromatic carbocycles. The predicted octanol–water partition coefficient (Wildman–Crippen LogP) is 2.05. The van der Waals surface area contributed by atoms with Crippen molar-refractivity contribution in [2.45, 2.75) is 24.9 Å². The van der Waals surface area contributed by atoms with E-state index in [1.807, 2.05) is 18.2 Å². The number of piperidine rings is 1. The Morgan fingerprint density at radius 3 is 2.65 bits per heavy atom. The minimum absolute atomic E-state index is 0.667. The maximum atomic E-state index is 10.9. The third-order valence-electron chi connectivity index (χ3n) is 4.76. The van der Waals surface area contributed by atoms with E-state index >= 15 is 0 Å². The van der Waals surface area contributed by atoms with Crippen molar-refractivity contribution in [3.8, 4) is 0 Å². The molecule has 0 radical (unpaired) electrons. The van der Waals surface area contributed by atoms with E-state index in [1.54, 1.807) is 25.7 Å². The highest BCUT2D eigenvalue weighted by Gasteiger charge is 2.33. The number of aromatic nitrogens is 2. The van der Waals surface area contributed by atoms with Crippen LogP contribution in [0.3, 0.4) is 0 Å². The molecule has 0 saturated carbocycles. The normalized spacial score (nSPS) is 17.6. The molecule has 1 saturated heterocycles. The van der Waals surface area contributed by atoms with Gasteiger partial charge in [0.2, 0.25) is 0 Å². The molecule has 2 aromatic rings. The molecule has 3 N–H and O–H groups in total. The van der Waals surface area contributed by atoms with Crippen LogP contribution in [0.2, 0.25) is 0 Å². The van der Waals surface area contributed by atoms with Gasteiger partial charge in [0.25, 0.3) is 0 Å². The Kier molecular flexibility index (Phi) is 5.63. The van der Waals surface area contributed by atoms with Crippen molar-refractivity contribution in [3.63, 3.8) is 0 Å². The number of nitrogens with zero attached hydrogens (tertiary/aromatic N) is 4. The van der Waals surface area contributed by atoms with Crippen LogP contribution in [-0.2, 0) is 6.42 Å². The lowest BCUT2D eigenvalue weighted by atomic mass is 9.85. The molecule has 6 nitrogen and oxygen atoms in total. The lowest BCUT2D eigenvalue weighted by Gasteiger charge is -2.38. The van der Waals surface area contributed by atoms with Crippen LogP contribution in [0, 0.1) is 0 Å². The lowest BCUT2D eigenvalue weighted by Crippen LogP contribution is -2.46. The number of benzene rings is 1. The van der Waals surface area contributed by atoms with Crippen molar-refractivity contribution >= 4 is 17.6 Å². The smallest absolute Gasteiger partial charge is 0.147 e. The Labute approximate surface area is 154 Å². The third kappa shape index (κ3) is 4.26. The van der Waals surface area contributed by atoms with Crippen LogP contribution in [0.1, 0.15) is 24.1 Å². The molecule has 2 heterocycles. The minimum Gasteiger partial charge on any atom is -0.404 e. The summed E-state index contributed by atoms with van der Waals surface area (Å²) in [6.45, 7) is 1.48. The van der Waals surface area contributed by atoms with Crippen LogP contribution in [0.25, 0.3) is 5.57 Å². The zero-order valence-electron chi connectivity index (χ0n) is 15.0. The average Bonchev–Trinajstić information content (AvgIpc) is 2.67. The number of nitrogens with two attached hydrogens (primary N) is 1. The summed E-state index contributed by atoms with van der Waals surface area (Å²) in [6, 6.07) is 10.1. The number of hydrogen-bond acceptors (Lipinski definition) is 6. The van der Waals surface area contributed by atoms with Crippen molar-refractivity contribution in [3.05, 3.63) is 60.2 Å². The molecule has 1 aliphatic heterocycles. The van der Waals surface area contributed by atoms with E-state index in [-0.39, 0.29) is 0 Å². The van der Waals surface area contributed by atoms with E-state index in [2.05, 4.69) is 32.0 Å². The second-order valence-corrected chi connectivity index (χ2v) is 6.65. The molecular weight excluding hydrogens is 326 g/mol. The van der Waals surface area contributed by atoms with Gasteiger partial charge in [0.05, 0.1) is 23.7 Å². The number of rotatable bonds is 5. The van der Waals surface area contributed by atoms with Gasteiger partial charge in [0.1, 0.15) is 5.82 Å². The molecule has 0 atom stereocenters. The molecule has 136 valence electrons. The van der Waals surface area contributed by atoms with Gasteiger partial charge in [0.15, 0.2) is 0 Å². The number of allylic oxidation sites excluding steroid dienone is 1. The largest absolute Gasteiger partial charge is 0.404 e. The van der Waals surface area contributed by atoms with Gasteiger partial charge in [-0.3, -0.25) is 9.98 Å². The maximum Gasteiger partial charge on any atom is 0.147 e. The number of hydrogen-bond donors (Lipinski definition) is 2. The predicted molar refractivity (Wildman–Crippen MR) is 105 cm³/mol. The molecule has 1 fully saturated rings. The fraction of sp³-hybridized carbons (Fsp3) is 0.350. The topological polar surface area (TPSA) is 87.6 Å². The molecule has 0 bridgehead atoms. The maximum absolute atomic E-state index is 10.9. The first-order chi connectivity index (χ1) is 12.6. The summed E-state index contributed by atoms with van der Waals surface area (Å²) in [5, 5.41) is 10.9. The molecule has 3 rings (SSSR count). The first kappa shape index (κ1) is 18.1. The average molecular weight is 351 g/mol. The zero-order valence-corrected chi connectivity index (χ0v) is 15.0. The Balaban J connectivity index is 1.68. The van der Waals surface area contributed by atoms with Crippen molar-refractivity contribution in [2.24, 2.45) is 10.7 Å². The Morgan fingerprint density at radius 1 is 1.27 bits per heavy atom. The molecule has 26 heavy (non-hydrogen) atoms. The lowest BCUT2D eigenvalue weighted by molar-refractivity contribution is 0.0164.